The Morgan fingerprint density at radius 2 is 2.04 bits per heavy atom. The van der Waals surface area contributed by atoms with E-state index in [1.807, 2.05) is 0 Å². The lowest BCUT2D eigenvalue weighted by atomic mass is 9.80. The van der Waals surface area contributed by atoms with Gasteiger partial charge in [0.1, 0.15) is 0 Å². The second kappa shape index (κ2) is 7.15. The second-order valence-corrected chi connectivity index (χ2v) is 6.74. The van der Waals surface area contributed by atoms with Gasteiger partial charge in [-0.05, 0) is 31.6 Å². The van der Waals surface area contributed by atoms with Crippen molar-refractivity contribution in [2.24, 2.45) is 11.8 Å². The van der Waals surface area contributed by atoms with E-state index in [1.165, 1.54) is 6.42 Å². The lowest BCUT2D eigenvalue weighted by molar-refractivity contribution is -0.135. The molecule has 1 aliphatic heterocycles. The van der Waals surface area contributed by atoms with Crippen molar-refractivity contribution in [2.75, 3.05) is 13.1 Å². The monoisotopic (exact) mass is 318 g/mol. The van der Waals surface area contributed by atoms with E-state index in [1.54, 1.807) is 17.4 Å². The van der Waals surface area contributed by atoms with Crippen molar-refractivity contribution in [3.63, 3.8) is 0 Å². The summed E-state index contributed by atoms with van der Waals surface area (Å²) in [5, 5.41) is 2.85. The summed E-state index contributed by atoms with van der Waals surface area (Å²) >= 11 is 0. The highest BCUT2D eigenvalue weighted by atomic mass is 16.2. The molecule has 6 heteroatoms. The number of imidazole rings is 1. The fourth-order valence-electron chi connectivity index (χ4n) is 3.65. The van der Waals surface area contributed by atoms with Crippen LogP contribution in [-0.2, 0) is 22.7 Å². The molecule has 1 aromatic rings. The Hall–Kier alpha value is -1.85. The fraction of sp³-hybridized carbons (Fsp3) is 0.706. The summed E-state index contributed by atoms with van der Waals surface area (Å²) in [7, 11) is 0. The van der Waals surface area contributed by atoms with Crippen LogP contribution < -0.4 is 5.32 Å². The van der Waals surface area contributed by atoms with Crippen LogP contribution in [0.5, 0.6) is 0 Å². The van der Waals surface area contributed by atoms with Gasteiger partial charge in [0, 0.05) is 25.2 Å². The molecule has 0 saturated heterocycles. The molecule has 1 aromatic heterocycles. The third-order valence-electron chi connectivity index (χ3n) is 5.32. The van der Waals surface area contributed by atoms with Gasteiger partial charge in [-0.1, -0.05) is 13.3 Å². The van der Waals surface area contributed by atoms with Gasteiger partial charge in [0.15, 0.2) is 0 Å². The fourth-order valence-corrected chi connectivity index (χ4v) is 3.65. The van der Waals surface area contributed by atoms with Crippen molar-refractivity contribution in [3.05, 3.63) is 18.2 Å². The van der Waals surface area contributed by atoms with Crippen LogP contribution in [0.4, 0.5) is 0 Å². The van der Waals surface area contributed by atoms with Crippen molar-refractivity contribution in [2.45, 2.75) is 52.1 Å². The van der Waals surface area contributed by atoms with Gasteiger partial charge in [0.25, 0.3) is 0 Å². The highest BCUT2D eigenvalue weighted by Crippen LogP contribution is 2.30. The van der Waals surface area contributed by atoms with Crippen molar-refractivity contribution in [3.8, 4) is 0 Å². The number of nitrogens with zero attached hydrogens (tertiary/aromatic N) is 3. The number of aromatic nitrogens is 2. The van der Waals surface area contributed by atoms with Crippen molar-refractivity contribution in [1.29, 1.82) is 0 Å². The second-order valence-electron chi connectivity index (χ2n) is 6.74. The molecule has 3 rings (SSSR count). The molecular formula is C17H26N4O2. The average molecular weight is 318 g/mol. The number of amides is 2. The van der Waals surface area contributed by atoms with Crippen LogP contribution in [0.25, 0.3) is 0 Å². The molecule has 0 atom stereocenters. The molecule has 1 aliphatic carbocycles. The molecule has 2 heterocycles. The first-order chi connectivity index (χ1) is 11.2. The third kappa shape index (κ3) is 3.74. The van der Waals surface area contributed by atoms with E-state index in [4.69, 9.17) is 0 Å². The normalized spacial score (nSPS) is 24.1. The van der Waals surface area contributed by atoms with Gasteiger partial charge in [0.2, 0.25) is 11.8 Å². The molecule has 0 aromatic carbocycles. The van der Waals surface area contributed by atoms with Crippen LogP contribution in [-0.4, -0.2) is 39.4 Å². The summed E-state index contributed by atoms with van der Waals surface area (Å²) in [5.41, 5.74) is 1.05. The van der Waals surface area contributed by atoms with Gasteiger partial charge in [-0.2, -0.15) is 0 Å². The first kappa shape index (κ1) is 16.0. The Morgan fingerprint density at radius 1 is 1.26 bits per heavy atom. The molecule has 2 aliphatic rings. The minimum Gasteiger partial charge on any atom is -0.347 e. The van der Waals surface area contributed by atoms with Gasteiger partial charge in [0.05, 0.1) is 25.1 Å². The van der Waals surface area contributed by atoms with E-state index in [0.29, 0.717) is 13.1 Å². The zero-order valence-corrected chi connectivity index (χ0v) is 13.8. The third-order valence-corrected chi connectivity index (χ3v) is 5.32. The lowest BCUT2D eigenvalue weighted by Crippen LogP contribution is -2.45. The van der Waals surface area contributed by atoms with Crippen LogP contribution >= 0.6 is 0 Å². The summed E-state index contributed by atoms with van der Waals surface area (Å²) in [6.07, 6.45) is 8.99. The Kier molecular flexibility index (Phi) is 4.98. The number of nitrogens with one attached hydrogen (secondary N) is 1. The largest absolute Gasteiger partial charge is 0.347 e. The smallest absolute Gasteiger partial charge is 0.242 e. The molecule has 1 N–H and O–H groups in total. The van der Waals surface area contributed by atoms with Gasteiger partial charge < -0.3 is 14.8 Å². The lowest BCUT2D eigenvalue weighted by Gasteiger charge is -2.29. The van der Waals surface area contributed by atoms with Crippen molar-refractivity contribution < 1.29 is 9.59 Å². The van der Waals surface area contributed by atoms with Gasteiger partial charge in [-0.3, -0.25) is 9.59 Å². The number of carbonyl (C=O) groups is 2. The zero-order valence-electron chi connectivity index (χ0n) is 13.8. The Morgan fingerprint density at radius 3 is 2.78 bits per heavy atom. The number of hydrogen-bond donors (Lipinski definition) is 1. The Balaban J connectivity index is 1.43. The summed E-state index contributed by atoms with van der Waals surface area (Å²) < 4.78 is 2.06. The van der Waals surface area contributed by atoms with E-state index in [0.717, 1.165) is 43.8 Å². The van der Waals surface area contributed by atoms with Gasteiger partial charge >= 0.3 is 0 Å². The maximum absolute atomic E-state index is 12.3. The summed E-state index contributed by atoms with van der Waals surface area (Å²) in [4.78, 5) is 30.4. The topological polar surface area (TPSA) is 67.2 Å². The highest BCUT2D eigenvalue weighted by Gasteiger charge is 2.26. The molecule has 1 saturated carbocycles. The quantitative estimate of drug-likeness (QED) is 0.916. The first-order valence-electron chi connectivity index (χ1n) is 8.72. The van der Waals surface area contributed by atoms with Gasteiger partial charge in [-0.15, -0.1) is 0 Å². The molecule has 1 fully saturated rings. The van der Waals surface area contributed by atoms with Crippen molar-refractivity contribution >= 4 is 11.8 Å². The molecule has 0 bridgehead atoms. The summed E-state index contributed by atoms with van der Waals surface area (Å²) in [5.74, 6) is 0.912. The zero-order chi connectivity index (χ0) is 16.2. The average Bonchev–Trinajstić information content (AvgIpc) is 3.07. The minimum absolute atomic E-state index is 0.00644. The molecule has 126 valence electrons. The predicted molar refractivity (Wildman–Crippen MR) is 86.4 cm³/mol. The molecule has 23 heavy (non-hydrogen) atoms. The summed E-state index contributed by atoms with van der Waals surface area (Å²) in [6.45, 7) is 4.36. The van der Waals surface area contributed by atoms with E-state index >= 15 is 0 Å². The Labute approximate surface area is 137 Å². The first-order valence-corrected chi connectivity index (χ1v) is 8.72. The predicted octanol–water partition coefficient (Wildman–Crippen LogP) is 1.56. The standard InChI is InChI=1S/C17H26N4O2/c1-2-13-3-5-14(6-4-13)17(23)19-10-16(22)20-7-8-21-12-18-9-15(21)11-20/h9,12-14H,2-8,10-11H2,1H3,(H,19,23). The SMILES string of the molecule is CCC1CCC(C(=O)NCC(=O)N2CCn3cncc3C2)CC1. The maximum atomic E-state index is 12.3. The number of hydrogen-bond acceptors (Lipinski definition) is 3. The van der Waals surface area contributed by atoms with Crippen LogP contribution in [0.2, 0.25) is 0 Å². The van der Waals surface area contributed by atoms with E-state index in [2.05, 4.69) is 21.8 Å². The number of carbonyl (C=O) groups excluding carboxylic acids is 2. The molecular weight excluding hydrogens is 292 g/mol. The maximum Gasteiger partial charge on any atom is 0.242 e. The van der Waals surface area contributed by atoms with Crippen molar-refractivity contribution in [1.82, 2.24) is 19.8 Å². The van der Waals surface area contributed by atoms with Crippen LogP contribution in [0.15, 0.2) is 12.5 Å². The van der Waals surface area contributed by atoms with Crippen LogP contribution in [0.3, 0.4) is 0 Å². The Bertz CT molecular complexity index is 561. The van der Waals surface area contributed by atoms with Crippen LogP contribution in [0, 0.1) is 11.8 Å². The van der Waals surface area contributed by atoms with Crippen LogP contribution in [0.1, 0.15) is 44.7 Å². The highest BCUT2D eigenvalue weighted by molar-refractivity contribution is 5.85. The molecule has 0 spiro atoms. The van der Waals surface area contributed by atoms with E-state index < -0.39 is 0 Å². The number of rotatable bonds is 4. The molecule has 2 amide bonds. The molecule has 6 nitrogen and oxygen atoms in total. The van der Waals surface area contributed by atoms with E-state index in [9.17, 15) is 9.59 Å². The molecule has 0 radical (unpaired) electrons. The van der Waals surface area contributed by atoms with E-state index in [-0.39, 0.29) is 24.3 Å². The summed E-state index contributed by atoms with van der Waals surface area (Å²) in [6, 6.07) is 0. The number of fused-ring (bicyclic) bond motifs is 1. The molecule has 0 unspecified atom stereocenters. The van der Waals surface area contributed by atoms with Gasteiger partial charge in [-0.25, -0.2) is 4.98 Å². The minimum atomic E-state index is -0.00644.